The number of ether oxygens (including phenoxy) is 2. The first-order valence-electron chi connectivity index (χ1n) is 13.4. The van der Waals surface area contributed by atoms with Crippen molar-refractivity contribution in [3.63, 3.8) is 0 Å². The summed E-state index contributed by atoms with van der Waals surface area (Å²) in [4.78, 5) is 28.5. The molecule has 2 amide bonds. The average molecular weight is 554 g/mol. The summed E-state index contributed by atoms with van der Waals surface area (Å²) in [5.41, 5.74) is 5.72. The van der Waals surface area contributed by atoms with Gasteiger partial charge >= 0.3 is 0 Å². The topological polar surface area (TPSA) is 79.9 Å². The van der Waals surface area contributed by atoms with Gasteiger partial charge in [0.2, 0.25) is 0 Å². The van der Waals surface area contributed by atoms with Gasteiger partial charge in [0.15, 0.2) is 11.5 Å². The van der Waals surface area contributed by atoms with E-state index in [1.165, 1.54) is 31.9 Å². The monoisotopic (exact) mass is 553 g/mol. The van der Waals surface area contributed by atoms with E-state index >= 15 is 0 Å². The molecule has 0 unspecified atom stereocenters. The Hall–Kier alpha value is -4.69. The predicted octanol–water partition coefficient (Wildman–Crippen LogP) is 5.27. The van der Waals surface area contributed by atoms with Crippen molar-refractivity contribution in [1.29, 1.82) is 0 Å². The summed E-state index contributed by atoms with van der Waals surface area (Å²) >= 11 is 0. The highest BCUT2D eigenvalue weighted by Gasteiger charge is 2.21. The van der Waals surface area contributed by atoms with Crippen LogP contribution in [0.3, 0.4) is 0 Å². The molecule has 1 aliphatic rings. The fourth-order valence-corrected chi connectivity index (χ4v) is 4.92. The third-order valence-electron chi connectivity index (χ3n) is 7.16. The van der Waals surface area contributed by atoms with Gasteiger partial charge in [-0.3, -0.25) is 9.59 Å². The highest BCUT2D eigenvalue weighted by molar-refractivity contribution is 6.06. The molecule has 1 heterocycles. The van der Waals surface area contributed by atoms with Gasteiger partial charge in [-0.1, -0.05) is 30.3 Å². The largest absolute Gasteiger partial charge is 0.493 e. The van der Waals surface area contributed by atoms with Crippen molar-refractivity contribution in [1.82, 2.24) is 10.6 Å². The molecule has 0 saturated carbocycles. The fraction of sp³-hybridized carbons (Fsp3) is 0.212. The lowest BCUT2D eigenvalue weighted by Crippen LogP contribution is -2.31. The lowest BCUT2D eigenvalue weighted by atomic mass is 9.99. The van der Waals surface area contributed by atoms with E-state index in [0.717, 1.165) is 41.9 Å². The molecular weight excluding hydrogens is 521 g/mol. The highest BCUT2D eigenvalue weighted by atomic mass is 19.1. The zero-order chi connectivity index (χ0) is 28.8. The van der Waals surface area contributed by atoms with E-state index < -0.39 is 0 Å². The van der Waals surface area contributed by atoms with Gasteiger partial charge in [0.1, 0.15) is 5.82 Å². The summed E-state index contributed by atoms with van der Waals surface area (Å²) in [6.07, 6.45) is 0.943. The van der Waals surface area contributed by atoms with Crippen LogP contribution in [0.15, 0.2) is 84.9 Å². The van der Waals surface area contributed by atoms with Gasteiger partial charge in [-0.25, -0.2) is 4.39 Å². The Morgan fingerprint density at radius 1 is 0.854 bits per heavy atom. The zero-order valence-electron chi connectivity index (χ0n) is 23.1. The molecule has 0 atom stereocenters. The number of hydrogen-bond acceptors (Lipinski definition) is 5. The van der Waals surface area contributed by atoms with Crippen molar-refractivity contribution < 1.29 is 23.5 Å². The van der Waals surface area contributed by atoms with Crippen LogP contribution in [0, 0.1) is 5.82 Å². The summed E-state index contributed by atoms with van der Waals surface area (Å²) in [6, 6.07) is 24.5. The van der Waals surface area contributed by atoms with Gasteiger partial charge in [-0.05, 0) is 89.8 Å². The number of rotatable bonds is 9. The predicted molar refractivity (Wildman–Crippen MR) is 156 cm³/mol. The number of amides is 2. The second kappa shape index (κ2) is 12.7. The zero-order valence-corrected chi connectivity index (χ0v) is 23.1. The standard InChI is InChI=1S/C33H32FN3O4/c1-40-30-13-9-25(18-31(30)41-2)32(38)36-19-23-4-3-5-26(16-23)33(39)37(21-22-6-10-28(34)11-7-22)29-12-8-24-14-15-35-20-27(24)17-29/h3-13,16-18,35H,14-15,19-21H2,1-2H3,(H,36,38). The quantitative estimate of drug-likeness (QED) is 0.295. The van der Waals surface area contributed by atoms with Crippen LogP contribution in [-0.4, -0.2) is 32.6 Å². The summed E-state index contributed by atoms with van der Waals surface area (Å²) in [5.74, 6) is 0.214. The molecule has 4 aromatic carbocycles. The van der Waals surface area contributed by atoms with Crippen LogP contribution >= 0.6 is 0 Å². The van der Waals surface area contributed by atoms with Crippen LogP contribution < -0.4 is 25.0 Å². The van der Waals surface area contributed by atoms with Gasteiger partial charge in [0.25, 0.3) is 11.8 Å². The number of halogens is 1. The number of nitrogens with one attached hydrogen (secondary N) is 2. The SMILES string of the molecule is COc1ccc(C(=O)NCc2cccc(C(=O)N(Cc3ccc(F)cc3)c3ccc4c(c3)CNCC4)c2)cc1OC. The van der Waals surface area contributed by atoms with Gasteiger partial charge in [0.05, 0.1) is 20.8 Å². The molecule has 0 radical (unpaired) electrons. The molecule has 210 valence electrons. The second-order valence-electron chi connectivity index (χ2n) is 9.85. The summed E-state index contributed by atoms with van der Waals surface area (Å²) in [6.45, 7) is 2.19. The van der Waals surface area contributed by atoms with Gasteiger partial charge in [-0.15, -0.1) is 0 Å². The van der Waals surface area contributed by atoms with E-state index in [1.54, 1.807) is 53.4 Å². The van der Waals surface area contributed by atoms with Gasteiger partial charge in [0, 0.05) is 29.9 Å². The Morgan fingerprint density at radius 3 is 2.44 bits per heavy atom. The smallest absolute Gasteiger partial charge is 0.258 e. The molecule has 0 saturated heterocycles. The van der Waals surface area contributed by atoms with Crippen LogP contribution in [0.2, 0.25) is 0 Å². The van der Waals surface area contributed by atoms with Gasteiger partial charge in [-0.2, -0.15) is 0 Å². The number of hydrogen-bond donors (Lipinski definition) is 2. The minimum atomic E-state index is -0.325. The van der Waals surface area contributed by atoms with E-state index in [1.807, 2.05) is 12.1 Å². The summed E-state index contributed by atoms with van der Waals surface area (Å²) in [7, 11) is 3.05. The van der Waals surface area contributed by atoms with Gasteiger partial charge < -0.3 is 25.0 Å². The summed E-state index contributed by atoms with van der Waals surface area (Å²) in [5, 5.41) is 6.29. The average Bonchev–Trinajstić information content (AvgIpc) is 3.02. The Bertz CT molecular complexity index is 1550. The van der Waals surface area contributed by atoms with Crippen LogP contribution in [0.25, 0.3) is 0 Å². The molecule has 0 aliphatic carbocycles. The maximum atomic E-state index is 14.0. The molecule has 2 N–H and O–H groups in total. The number of carbonyl (C=O) groups excluding carboxylic acids is 2. The van der Waals surface area contributed by atoms with Crippen molar-refractivity contribution in [2.45, 2.75) is 26.1 Å². The third-order valence-corrected chi connectivity index (χ3v) is 7.16. The molecule has 8 heteroatoms. The maximum absolute atomic E-state index is 14.0. The number of carbonyl (C=O) groups is 2. The third kappa shape index (κ3) is 6.56. The van der Waals surface area contributed by atoms with Crippen LogP contribution in [-0.2, 0) is 26.1 Å². The van der Waals surface area contributed by atoms with Crippen LogP contribution in [0.4, 0.5) is 10.1 Å². The lowest BCUT2D eigenvalue weighted by molar-refractivity contribution is 0.0949. The molecule has 0 fully saturated rings. The minimum absolute atomic E-state index is 0.189. The number of methoxy groups -OCH3 is 2. The second-order valence-corrected chi connectivity index (χ2v) is 9.85. The first-order valence-corrected chi connectivity index (χ1v) is 13.4. The molecule has 0 bridgehead atoms. The van der Waals surface area contributed by atoms with Crippen LogP contribution in [0.1, 0.15) is 43.0 Å². The highest BCUT2D eigenvalue weighted by Crippen LogP contribution is 2.28. The fourth-order valence-electron chi connectivity index (χ4n) is 4.92. The Morgan fingerprint density at radius 2 is 1.66 bits per heavy atom. The minimum Gasteiger partial charge on any atom is -0.493 e. The first kappa shape index (κ1) is 27.9. The van der Waals surface area contributed by atoms with Crippen molar-refractivity contribution >= 4 is 17.5 Å². The molecule has 0 aromatic heterocycles. The molecule has 41 heavy (non-hydrogen) atoms. The summed E-state index contributed by atoms with van der Waals surface area (Å²) < 4.78 is 24.1. The van der Waals surface area contributed by atoms with E-state index in [4.69, 9.17) is 9.47 Å². The van der Waals surface area contributed by atoms with E-state index in [2.05, 4.69) is 22.8 Å². The normalized spacial score (nSPS) is 12.3. The van der Waals surface area contributed by atoms with Crippen molar-refractivity contribution in [2.75, 3.05) is 25.7 Å². The lowest BCUT2D eigenvalue weighted by Gasteiger charge is -2.26. The Balaban J connectivity index is 1.36. The number of nitrogens with zero attached hydrogens (tertiary/aromatic N) is 1. The number of benzene rings is 4. The van der Waals surface area contributed by atoms with Crippen molar-refractivity contribution in [3.05, 3.63) is 124 Å². The molecule has 0 spiro atoms. The maximum Gasteiger partial charge on any atom is 0.258 e. The molecule has 1 aliphatic heterocycles. The molecule has 4 aromatic rings. The van der Waals surface area contributed by atoms with E-state index in [0.29, 0.717) is 22.6 Å². The Labute approximate surface area is 238 Å². The molecular formula is C33H32FN3O4. The molecule has 5 rings (SSSR count). The number of fused-ring (bicyclic) bond motifs is 1. The van der Waals surface area contributed by atoms with E-state index in [-0.39, 0.29) is 30.7 Å². The van der Waals surface area contributed by atoms with Crippen LogP contribution in [0.5, 0.6) is 11.5 Å². The van der Waals surface area contributed by atoms with E-state index in [9.17, 15) is 14.0 Å². The Kier molecular flexibility index (Phi) is 8.60. The van der Waals surface area contributed by atoms with Crippen molar-refractivity contribution in [2.24, 2.45) is 0 Å². The van der Waals surface area contributed by atoms with Crippen molar-refractivity contribution in [3.8, 4) is 11.5 Å². The number of anilines is 1. The molecule has 7 nitrogen and oxygen atoms in total. The first-order chi connectivity index (χ1) is 19.9.